The van der Waals surface area contributed by atoms with Crippen molar-refractivity contribution >= 4 is 17.5 Å². The molecule has 20 heavy (non-hydrogen) atoms. The summed E-state index contributed by atoms with van der Waals surface area (Å²) in [7, 11) is 0. The van der Waals surface area contributed by atoms with Crippen LogP contribution in [0.1, 0.15) is 21.8 Å². The second-order valence-electron chi connectivity index (χ2n) is 3.81. The molecule has 2 heterocycles. The third-order valence-corrected chi connectivity index (χ3v) is 2.73. The molecule has 106 valence electrons. The van der Waals surface area contributed by atoms with E-state index in [1.54, 1.807) is 0 Å². The lowest BCUT2D eigenvalue weighted by Crippen LogP contribution is -2.23. The molecule has 2 rings (SSSR count). The Morgan fingerprint density at radius 2 is 2.20 bits per heavy atom. The predicted octanol–water partition coefficient (Wildman–Crippen LogP) is 3.28. The minimum Gasteiger partial charge on any atom is -0.459 e. The molecule has 0 atom stereocenters. The van der Waals surface area contributed by atoms with Crippen molar-refractivity contribution in [2.24, 2.45) is 0 Å². The zero-order valence-electron chi connectivity index (χ0n) is 9.87. The first-order valence-corrected chi connectivity index (χ1v) is 5.79. The van der Waals surface area contributed by atoms with Gasteiger partial charge in [-0.3, -0.25) is 9.78 Å². The van der Waals surface area contributed by atoms with Gasteiger partial charge in [-0.1, -0.05) is 11.6 Å². The van der Waals surface area contributed by atoms with E-state index in [1.165, 1.54) is 18.4 Å². The third-order valence-electron chi connectivity index (χ3n) is 2.41. The van der Waals surface area contributed by atoms with Crippen LogP contribution >= 0.6 is 11.6 Å². The number of hydrogen-bond donors (Lipinski definition) is 1. The minimum absolute atomic E-state index is 0.0908. The molecule has 0 radical (unpaired) electrons. The maximum Gasteiger partial charge on any atom is 0.417 e. The molecule has 1 N–H and O–H groups in total. The van der Waals surface area contributed by atoms with Gasteiger partial charge in [0, 0.05) is 6.20 Å². The van der Waals surface area contributed by atoms with E-state index >= 15 is 0 Å². The Labute approximate surface area is 116 Å². The van der Waals surface area contributed by atoms with Gasteiger partial charge in [-0.05, 0) is 18.2 Å². The quantitative estimate of drug-likeness (QED) is 0.947. The summed E-state index contributed by atoms with van der Waals surface area (Å²) in [5.74, 6) is -0.416. The maximum absolute atomic E-state index is 12.4. The van der Waals surface area contributed by atoms with Gasteiger partial charge in [0.05, 0.1) is 29.1 Å². The molecule has 0 aliphatic rings. The Balaban J connectivity index is 2.06. The highest BCUT2D eigenvalue weighted by Gasteiger charge is 2.31. The summed E-state index contributed by atoms with van der Waals surface area (Å²) in [5, 5.41) is 2.27. The molecular weight excluding hydrogens is 297 g/mol. The Kier molecular flexibility index (Phi) is 3.99. The lowest BCUT2D eigenvalue weighted by Gasteiger charge is -2.09. The molecule has 0 aliphatic heterocycles. The van der Waals surface area contributed by atoms with E-state index in [4.69, 9.17) is 16.0 Å². The number of amides is 1. The fourth-order valence-electron chi connectivity index (χ4n) is 1.41. The SMILES string of the molecule is O=C(NCc1ncc(C(F)(F)F)cc1Cl)c1ccco1. The first kappa shape index (κ1) is 14.4. The molecule has 1 amide bonds. The summed E-state index contributed by atoms with van der Waals surface area (Å²) in [6.07, 6.45) is -2.51. The van der Waals surface area contributed by atoms with Crippen molar-refractivity contribution in [3.8, 4) is 0 Å². The van der Waals surface area contributed by atoms with Crippen molar-refractivity contribution in [1.82, 2.24) is 10.3 Å². The number of nitrogens with one attached hydrogen (secondary N) is 1. The fraction of sp³-hybridized carbons (Fsp3) is 0.167. The number of nitrogens with zero attached hydrogens (tertiary/aromatic N) is 1. The Morgan fingerprint density at radius 1 is 1.45 bits per heavy atom. The largest absolute Gasteiger partial charge is 0.459 e. The molecule has 2 aromatic rings. The van der Waals surface area contributed by atoms with E-state index in [0.717, 1.165) is 6.07 Å². The van der Waals surface area contributed by atoms with Gasteiger partial charge < -0.3 is 9.73 Å². The van der Waals surface area contributed by atoms with Gasteiger partial charge in [0.2, 0.25) is 0 Å². The maximum atomic E-state index is 12.4. The number of pyridine rings is 1. The van der Waals surface area contributed by atoms with Crippen LogP contribution in [-0.2, 0) is 12.7 Å². The highest BCUT2D eigenvalue weighted by atomic mass is 35.5. The normalized spacial score (nSPS) is 11.4. The van der Waals surface area contributed by atoms with Crippen molar-refractivity contribution in [2.45, 2.75) is 12.7 Å². The van der Waals surface area contributed by atoms with Crippen LogP contribution in [-0.4, -0.2) is 10.9 Å². The molecule has 0 aromatic carbocycles. The molecule has 8 heteroatoms. The van der Waals surface area contributed by atoms with Crippen LogP contribution < -0.4 is 5.32 Å². The Hall–Kier alpha value is -2.02. The smallest absolute Gasteiger partial charge is 0.417 e. The van der Waals surface area contributed by atoms with Gasteiger partial charge >= 0.3 is 6.18 Å². The van der Waals surface area contributed by atoms with Crippen LogP contribution in [0.4, 0.5) is 13.2 Å². The zero-order valence-corrected chi connectivity index (χ0v) is 10.6. The molecule has 0 aliphatic carbocycles. The number of carbonyl (C=O) groups is 1. The summed E-state index contributed by atoms with van der Waals surface area (Å²) in [5.41, 5.74) is -0.803. The first-order chi connectivity index (χ1) is 9.38. The van der Waals surface area contributed by atoms with Crippen LogP contribution in [0.25, 0.3) is 0 Å². The fourth-order valence-corrected chi connectivity index (χ4v) is 1.64. The average Bonchev–Trinajstić information content (AvgIpc) is 2.89. The predicted molar refractivity (Wildman–Crippen MR) is 64.1 cm³/mol. The molecule has 4 nitrogen and oxygen atoms in total. The minimum atomic E-state index is -4.51. The summed E-state index contributed by atoms with van der Waals surface area (Å²) < 4.78 is 42.1. The standard InChI is InChI=1S/C12H8ClF3N2O2/c13-8-4-7(12(14,15)16)5-17-9(8)6-18-11(19)10-2-1-3-20-10/h1-5H,6H2,(H,18,19). The van der Waals surface area contributed by atoms with Crippen LogP contribution in [0.2, 0.25) is 5.02 Å². The molecule has 0 spiro atoms. The summed E-state index contributed by atoms with van der Waals surface area (Å²) in [4.78, 5) is 15.2. The molecule has 2 aromatic heterocycles. The average molecular weight is 305 g/mol. The number of hydrogen-bond acceptors (Lipinski definition) is 3. The summed E-state index contributed by atoms with van der Waals surface area (Å²) in [6.45, 7) is -0.101. The second-order valence-corrected chi connectivity index (χ2v) is 4.22. The van der Waals surface area contributed by atoms with Crippen LogP contribution in [0.5, 0.6) is 0 Å². The van der Waals surface area contributed by atoms with Crippen molar-refractivity contribution in [1.29, 1.82) is 0 Å². The molecule has 0 saturated heterocycles. The molecule has 0 fully saturated rings. The third kappa shape index (κ3) is 3.30. The highest BCUT2D eigenvalue weighted by Crippen LogP contribution is 2.30. The lowest BCUT2D eigenvalue weighted by molar-refractivity contribution is -0.137. The van der Waals surface area contributed by atoms with Gasteiger partial charge in [-0.2, -0.15) is 13.2 Å². The number of carbonyl (C=O) groups excluding carboxylic acids is 1. The van der Waals surface area contributed by atoms with Crippen molar-refractivity contribution in [3.63, 3.8) is 0 Å². The summed E-state index contributed by atoms with van der Waals surface area (Å²) in [6, 6.07) is 3.76. The number of halogens is 4. The van der Waals surface area contributed by atoms with Gasteiger partial charge in [0.1, 0.15) is 0 Å². The Morgan fingerprint density at radius 3 is 2.75 bits per heavy atom. The van der Waals surface area contributed by atoms with Crippen LogP contribution in [0, 0.1) is 0 Å². The molecule has 0 unspecified atom stereocenters. The Bertz CT molecular complexity index is 612. The van der Waals surface area contributed by atoms with Crippen LogP contribution in [0.3, 0.4) is 0 Å². The lowest BCUT2D eigenvalue weighted by atomic mass is 10.2. The van der Waals surface area contributed by atoms with E-state index < -0.39 is 17.6 Å². The number of aromatic nitrogens is 1. The van der Waals surface area contributed by atoms with E-state index in [0.29, 0.717) is 6.20 Å². The number of rotatable bonds is 3. The van der Waals surface area contributed by atoms with Crippen molar-refractivity contribution < 1.29 is 22.4 Å². The number of furan rings is 1. The van der Waals surface area contributed by atoms with Gasteiger partial charge in [-0.25, -0.2) is 0 Å². The van der Waals surface area contributed by atoms with E-state index in [1.807, 2.05) is 0 Å². The number of alkyl halides is 3. The van der Waals surface area contributed by atoms with Gasteiger partial charge in [0.25, 0.3) is 5.91 Å². The second kappa shape index (κ2) is 5.54. The molecule has 0 bridgehead atoms. The summed E-state index contributed by atoms with van der Waals surface area (Å²) >= 11 is 5.71. The first-order valence-electron chi connectivity index (χ1n) is 5.41. The highest BCUT2D eigenvalue weighted by molar-refractivity contribution is 6.31. The molecular formula is C12H8ClF3N2O2. The van der Waals surface area contributed by atoms with Gasteiger partial charge in [0.15, 0.2) is 5.76 Å². The van der Waals surface area contributed by atoms with E-state index in [-0.39, 0.29) is 23.0 Å². The molecule has 0 saturated carbocycles. The zero-order chi connectivity index (χ0) is 14.8. The van der Waals surface area contributed by atoms with E-state index in [2.05, 4.69) is 10.3 Å². The monoisotopic (exact) mass is 304 g/mol. The van der Waals surface area contributed by atoms with Crippen LogP contribution in [0.15, 0.2) is 35.1 Å². The van der Waals surface area contributed by atoms with Crippen molar-refractivity contribution in [3.05, 3.63) is 52.7 Å². The van der Waals surface area contributed by atoms with Crippen molar-refractivity contribution in [2.75, 3.05) is 0 Å². The topological polar surface area (TPSA) is 55.1 Å². The van der Waals surface area contributed by atoms with Gasteiger partial charge in [-0.15, -0.1) is 0 Å². The van der Waals surface area contributed by atoms with E-state index in [9.17, 15) is 18.0 Å².